The van der Waals surface area contributed by atoms with Gasteiger partial charge in [-0.1, -0.05) is 0 Å². The molecule has 0 aromatic rings. The maximum atomic E-state index is 12.4. The van der Waals surface area contributed by atoms with E-state index in [0.29, 0.717) is 0 Å². The monoisotopic (exact) mass is 252 g/mol. The van der Waals surface area contributed by atoms with Crippen molar-refractivity contribution >= 4 is 12.1 Å². The van der Waals surface area contributed by atoms with Gasteiger partial charge in [-0.3, -0.25) is 4.79 Å². The van der Waals surface area contributed by atoms with Crippen molar-refractivity contribution in [3.05, 3.63) is 0 Å². The number of rotatable bonds is 2. The van der Waals surface area contributed by atoms with Gasteiger partial charge in [-0.15, -0.1) is 0 Å². The zero-order valence-electron chi connectivity index (χ0n) is 18.8. The minimum atomic E-state index is -3.59. The first kappa shape index (κ1) is 5.59. The number of carbonyl (C=O) groups excluding carboxylic acids is 1. The summed E-state index contributed by atoms with van der Waals surface area (Å²) in [6.45, 7) is -2.99. The highest BCUT2D eigenvalue weighted by Crippen LogP contribution is 2.22. The van der Waals surface area contributed by atoms with Crippen molar-refractivity contribution in [1.29, 1.82) is 0 Å². The molecule has 0 bridgehead atoms. The molecule has 1 heterocycles. The number of likely N-dealkylation sites (tertiary alicyclic amines) is 1. The molecule has 98 valence electrons. The van der Waals surface area contributed by atoms with Gasteiger partial charge in [-0.2, -0.15) is 0 Å². The SMILES string of the molecule is [2H]C1([2H])N(C(=O)OC(C)(C)C)C([2H])([2H])C([2H])([2H])C([2H])(CC(=O)O)C1([2H])[2H]. The number of hydrogen-bond donors (Lipinski definition) is 1. The molecule has 1 amide bonds. The van der Waals surface area contributed by atoms with Crippen LogP contribution in [0, 0.1) is 5.89 Å². The predicted octanol–water partition coefficient (Wildman–Crippen LogP) is 2.11. The molecule has 0 radical (unpaired) electrons. The minimum absolute atomic E-state index is 0.361. The molecule has 0 aromatic carbocycles. The number of nitrogens with zero attached hydrogens (tertiary/aromatic N) is 1. The van der Waals surface area contributed by atoms with E-state index in [1.807, 2.05) is 0 Å². The summed E-state index contributed by atoms with van der Waals surface area (Å²) in [7, 11) is 0. The molecule has 5 heteroatoms. The van der Waals surface area contributed by atoms with Crippen molar-refractivity contribution in [2.24, 2.45) is 5.89 Å². The molecule has 0 aromatic heterocycles. The number of carboxylic acids is 1. The lowest BCUT2D eigenvalue weighted by molar-refractivity contribution is -0.138. The molecule has 5 nitrogen and oxygen atoms in total. The summed E-state index contributed by atoms with van der Waals surface area (Å²) in [4.78, 5) is 23.1. The third-order valence-corrected chi connectivity index (χ3v) is 1.54. The first-order valence-electron chi connectivity index (χ1n) is 9.42. The largest absolute Gasteiger partial charge is 0.481 e. The Morgan fingerprint density at radius 2 is 2.00 bits per heavy atom. The zero-order valence-corrected chi connectivity index (χ0v) is 9.83. The number of amides is 1. The second-order valence-electron chi connectivity index (χ2n) is 4.34. The zero-order chi connectivity index (χ0) is 21.1. The van der Waals surface area contributed by atoms with Crippen molar-refractivity contribution in [3.63, 3.8) is 0 Å². The second-order valence-corrected chi connectivity index (χ2v) is 4.34. The summed E-state index contributed by atoms with van der Waals surface area (Å²) in [6, 6.07) is 0. The molecule has 0 saturated carbocycles. The maximum Gasteiger partial charge on any atom is 0.410 e. The Morgan fingerprint density at radius 1 is 1.47 bits per heavy atom. The fourth-order valence-electron chi connectivity index (χ4n) is 0.944. The molecule has 0 atom stereocenters. The van der Waals surface area contributed by atoms with Crippen LogP contribution in [-0.4, -0.2) is 40.7 Å². The topological polar surface area (TPSA) is 66.8 Å². The Hall–Kier alpha value is -1.26. The number of piperidine rings is 1. The molecular formula is C12H21NO4. The van der Waals surface area contributed by atoms with Gasteiger partial charge in [-0.05, 0) is 39.4 Å². The van der Waals surface area contributed by atoms with E-state index in [-0.39, 0.29) is 4.90 Å². The number of hydrogen-bond acceptors (Lipinski definition) is 3. The molecule has 1 saturated heterocycles. The van der Waals surface area contributed by atoms with Crippen molar-refractivity contribution in [2.45, 2.75) is 45.5 Å². The van der Waals surface area contributed by atoms with Crippen LogP contribution in [0.15, 0.2) is 0 Å². The number of carboxylic acid groups (broad SMARTS) is 1. The Balaban J connectivity index is 3.71. The lowest BCUT2D eigenvalue weighted by Gasteiger charge is -2.32. The minimum Gasteiger partial charge on any atom is -0.481 e. The standard InChI is InChI=1S/C12H21NO4/c1-12(2,3)17-11(16)13-6-4-9(5-7-13)8-10(14)15/h9H,4-8H2,1-3H3,(H,14,15)/i4D2,5D2,6D2,7D2,9D. The van der Waals surface area contributed by atoms with Gasteiger partial charge in [-0.25, -0.2) is 4.79 Å². The van der Waals surface area contributed by atoms with Gasteiger partial charge >= 0.3 is 12.1 Å². The summed E-state index contributed by atoms with van der Waals surface area (Å²) >= 11 is 0. The molecule has 1 aliphatic rings. The predicted molar refractivity (Wildman–Crippen MR) is 62.8 cm³/mol. The maximum absolute atomic E-state index is 12.4. The van der Waals surface area contributed by atoms with Gasteiger partial charge in [0.15, 0.2) is 0 Å². The van der Waals surface area contributed by atoms with Crippen molar-refractivity contribution < 1.29 is 31.8 Å². The molecule has 0 unspecified atom stereocenters. The van der Waals surface area contributed by atoms with Crippen LogP contribution in [-0.2, 0) is 9.53 Å². The summed E-state index contributed by atoms with van der Waals surface area (Å²) in [5.41, 5.74) is -1.22. The van der Waals surface area contributed by atoms with E-state index in [1.54, 1.807) is 0 Å². The van der Waals surface area contributed by atoms with E-state index in [4.69, 9.17) is 22.2 Å². The van der Waals surface area contributed by atoms with Gasteiger partial charge in [0.2, 0.25) is 0 Å². The van der Waals surface area contributed by atoms with Gasteiger partial charge in [0, 0.05) is 31.8 Å². The van der Waals surface area contributed by atoms with Crippen LogP contribution in [0.25, 0.3) is 0 Å². The average Bonchev–Trinajstić information content (AvgIpc) is 2.32. The lowest BCUT2D eigenvalue weighted by atomic mass is 9.94. The van der Waals surface area contributed by atoms with E-state index < -0.39 is 55.7 Å². The normalized spacial score (nSPS) is 39.5. The highest BCUT2D eigenvalue weighted by molar-refractivity contribution is 5.69. The molecule has 0 spiro atoms. The fourth-order valence-corrected chi connectivity index (χ4v) is 0.944. The van der Waals surface area contributed by atoms with E-state index in [1.165, 1.54) is 20.8 Å². The number of aliphatic carboxylic acids is 1. The first-order chi connectivity index (χ1) is 11.2. The highest BCUT2D eigenvalue weighted by atomic mass is 16.6. The smallest absolute Gasteiger partial charge is 0.410 e. The first-order valence-corrected chi connectivity index (χ1v) is 4.92. The van der Waals surface area contributed by atoms with E-state index in [2.05, 4.69) is 0 Å². The van der Waals surface area contributed by atoms with Crippen LogP contribution in [0.5, 0.6) is 0 Å². The summed E-state index contributed by atoms with van der Waals surface area (Å²) in [6.07, 6.45) is -10.4. The lowest BCUT2D eigenvalue weighted by Crippen LogP contribution is -2.42. The van der Waals surface area contributed by atoms with Crippen molar-refractivity contribution in [1.82, 2.24) is 4.90 Å². The van der Waals surface area contributed by atoms with Gasteiger partial charge in [0.25, 0.3) is 0 Å². The van der Waals surface area contributed by atoms with Crippen LogP contribution in [0.3, 0.4) is 0 Å². The fraction of sp³-hybridized carbons (Fsp3) is 0.833. The van der Waals surface area contributed by atoms with Crippen LogP contribution < -0.4 is 0 Å². The summed E-state index contributed by atoms with van der Waals surface area (Å²) in [5.74, 6) is -5.19. The molecule has 1 aliphatic heterocycles. The molecule has 0 aliphatic carbocycles. The van der Waals surface area contributed by atoms with Gasteiger partial charge < -0.3 is 14.7 Å². The Bertz CT molecular complexity index is 586. The second kappa shape index (κ2) is 5.38. The summed E-state index contributed by atoms with van der Waals surface area (Å²) in [5, 5.41) is 8.96. The van der Waals surface area contributed by atoms with Crippen molar-refractivity contribution in [3.8, 4) is 0 Å². The van der Waals surface area contributed by atoms with Crippen LogP contribution >= 0.6 is 0 Å². The van der Waals surface area contributed by atoms with Gasteiger partial charge in [0.1, 0.15) is 5.60 Å². The molecular weight excluding hydrogens is 222 g/mol. The van der Waals surface area contributed by atoms with E-state index in [9.17, 15) is 9.59 Å². The van der Waals surface area contributed by atoms with Crippen LogP contribution in [0.1, 0.15) is 52.3 Å². The number of ether oxygens (including phenoxy) is 1. The average molecular weight is 252 g/mol. The Labute approximate surface area is 114 Å². The van der Waals surface area contributed by atoms with Crippen LogP contribution in [0.4, 0.5) is 4.79 Å². The summed E-state index contributed by atoms with van der Waals surface area (Å²) < 4.78 is 76.6. The van der Waals surface area contributed by atoms with Crippen molar-refractivity contribution in [2.75, 3.05) is 13.0 Å². The van der Waals surface area contributed by atoms with E-state index >= 15 is 0 Å². The van der Waals surface area contributed by atoms with Gasteiger partial charge in [0.05, 0.1) is 0 Å². The quantitative estimate of drug-likeness (QED) is 0.817. The Kier molecular flexibility index (Phi) is 1.77. The molecule has 1 N–H and O–H groups in total. The highest BCUT2D eigenvalue weighted by Gasteiger charge is 2.27. The number of carbonyl (C=O) groups is 2. The Morgan fingerprint density at radius 3 is 2.41 bits per heavy atom. The molecule has 17 heavy (non-hydrogen) atoms. The molecule has 1 fully saturated rings. The third-order valence-electron chi connectivity index (χ3n) is 1.54. The third kappa shape index (κ3) is 5.06. The van der Waals surface area contributed by atoms with Crippen LogP contribution in [0.2, 0.25) is 0 Å². The molecule has 1 rings (SSSR count). The van der Waals surface area contributed by atoms with E-state index in [0.717, 1.165) is 0 Å².